The Kier molecular flexibility index (Phi) is 5.58. The first-order chi connectivity index (χ1) is 4.66. The summed E-state index contributed by atoms with van der Waals surface area (Å²) in [5, 5.41) is 12.0. The van der Waals surface area contributed by atoms with Crippen LogP contribution in [-0.2, 0) is 0 Å². The molecule has 0 saturated carbocycles. The summed E-state index contributed by atoms with van der Waals surface area (Å²) in [4.78, 5) is 2.10. The molecule has 3 nitrogen and oxygen atoms in total. The molecule has 10 heavy (non-hydrogen) atoms. The zero-order valence-electron chi connectivity index (χ0n) is 7.09. The molecule has 1 unspecified atom stereocenters. The topological polar surface area (TPSA) is 35.5 Å². The second-order valence-electron chi connectivity index (χ2n) is 2.71. The summed E-state index contributed by atoms with van der Waals surface area (Å²) in [6.07, 6.45) is -0.221. The zero-order chi connectivity index (χ0) is 7.98. The minimum absolute atomic E-state index is 0.221. The van der Waals surface area contributed by atoms with E-state index in [1.165, 1.54) is 0 Å². The van der Waals surface area contributed by atoms with Crippen LogP contribution >= 0.6 is 0 Å². The fraction of sp³-hybridized carbons (Fsp3) is 1.00. The Bertz CT molecular complexity index is 76.0. The second kappa shape index (κ2) is 5.65. The first-order valence-electron chi connectivity index (χ1n) is 3.68. The minimum atomic E-state index is -0.221. The predicted octanol–water partition coefficient (Wildman–Crippen LogP) is -0.482. The average molecular weight is 146 g/mol. The fourth-order valence-electron chi connectivity index (χ4n) is 0.845. The van der Waals surface area contributed by atoms with E-state index in [0.29, 0.717) is 0 Å². The first kappa shape index (κ1) is 9.88. The zero-order valence-corrected chi connectivity index (χ0v) is 7.09. The van der Waals surface area contributed by atoms with Gasteiger partial charge in [-0.3, -0.25) is 0 Å². The lowest BCUT2D eigenvalue weighted by Gasteiger charge is -2.17. The molecule has 0 spiro atoms. The highest BCUT2D eigenvalue weighted by Crippen LogP contribution is 1.85. The van der Waals surface area contributed by atoms with Crippen LogP contribution in [-0.4, -0.2) is 49.8 Å². The van der Waals surface area contributed by atoms with Gasteiger partial charge in [0, 0.05) is 19.6 Å². The fourth-order valence-corrected chi connectivity index (χ4v) is 0.845. The molecule has 0 aliphatic rings. The van der Waals surface area contributed by atoms with Crippen molar-refractivity contribution in [1.29, 1.82) is 0 Å². The van der Waals surface area contributed by atoms with Gasteiger partial charge in [-0.25, -0.2) is 0 Å². The molecule has 0 aliphatic heterocycles. The highest BCUT2D eigenvalue weighted by atomic mass is 16.3. The van der Waals surface area contributed by atoms with Gasteiger partial charge < -0.3 is 15.3 Å². The molecule has 0 amide bonds. The number of likely N-dealkylation sites (N-methyl/N-ethyl adjacent to an activating group) is 2. The van der Waals surface area contributed by atoms with Gasteiger partial charge in [-0.05, 0) is 21.0 Å². The number of aliphatic hydroxyl groups is 1. The Morgan fingerprint density at radius 2 is 2.20 bits per heavy atom. The molecule has 0 saturated heterocycles. The van der Waals surface area contributed by atoms with E-state index in [2.05, 4.69) is 10.2 Å². The third-order valence-electron chi connectivity index (χ3n) is 1.32. The molecule has 0 heterocycles. The largest absolute Gasteiger partial charge is 0.392 e. The van der Waals surface area contributed by atoms with Crippen molar-refractivity contribution in [3.05, 3.63) is 0 Å². The van der Waals surface area contributed by atoms with E-state index in [0.717, 1.165) is 19.6 Å². The summed E-state index contributed by atoms with van der Waals surface area (Å²) in [7, 11) is 3.93. The standard InChI is InChI=1S/C7H18N2O/c1-7(10)6-9(3)5-4-8-2/h7-8,10H,4-6H2,1-3H3. The van der Waals surface area contributed by atoms with Gasteiger partial charge in [0.25, 0.3) is 0 Å². The van der Waals surface area contributed by atoms with Gasteiger partial charge in [-0.15, -0.1) is 0 Å². The van der Waals surface area contributed by atoms with Gasteiger partial charge in [-0.2, -0.15) is 0 Å². The van der Waals surface area contributed by atoms with Gasteiger partial charge in [0.15, 0.2) is 0 Å². The highest BCUT2D eigenvalue weighted by Gasteiger charge is 2.00. The molecular weight excluding hydrogens is 128 g/mol. The number of hydrogen-bond acceptors (Lipinski definition) is 3. The van der Waals surface area contributed by atoms with Crippen LogP contribution in [0.1, 0.15) is 6.92 Å². The van der Waals surface area contributed by atoms with E-state index in [4.69, 9.17) is 5.11 Å². The van der Waals surface area contributed by atoms with E-state index in [1.54, 1.807) is 6.92 Å². The number of nitrogens with one attached hydrogen (secondary N) is 1. The van der Waals surface area contributed by atoms with Gasteiger partial charge in [0.2, 0.25) is 0 Å². The van der Waals surface area contributed by atoms with E-state index >= 15 is 0 Å². The Labute approximate surface area is 63.0 Å². The Balaban J connectivity index is 3.16. The lowest BCUT2D eigenvalue weighted by molar-refractivity contribution is 0.142. The first-order valence-corrected chi connectivity index (χ1v) is 3.68. The third kappa shape index (κ3) is 6.01. The van der Waals surface area contributed by atoms with Crippen LogP contribution in [0.4, 0.5) is 0 Å². The Hall–Kier alpha value is -0.120. The molecule has 0 aromatic rings. The lowest BCUT2D eigenvalue weighted by atomic mass is 10.4. The van der Waals surface area contributed by atoms with Crippen LogP contribution < -0.4 is 5.32 Å². The van der Waals surface area contributed by atoms with Crippen molar-refractivity contribution in [3.8, 4) is 0 Å². The van der Waals surface area contributed by atoms with Crippen molar-refractivity contribution in [2.24, 2.45) is 0 Å². The van der Waals surface area contributed by atoms with Crippen LogP contribution in [0.5, 0.6) is 0 Å². The van der Waals surface area contributed by atoms with Crippen LogP contribution in [0.15, 0.2) is 0 Å². The maximum Gasteiger partial charge on any atom is 0.0638 e. The molecule has 3 heteroatoms. The van der Waals surface area contributed by atoms with E-state index in [9.17, 15) is 0 Å². The summed E-state index contributed by atoms with van der Waals surface area (Å²) in [6.45, 7) is 4.52. The molecule has 0 fully saturated rings. The summed E-state index contributed by atoms with van der Waals surface area (Å²) in [5.74, 6) is 0. The summed E-state index contributed by atoms with van der Waals surface area (Å²) < 4.78 is 0. The van der Waals surface area contributed by atoms with Gasteiger partial charge in [-0.1, -0.05) is 0 Å². The van der Waals surface area contributed by atoms with Crippen molar-refractivity contribution in [2.75, 3.05) is 33.7 Å². The van der Waals surface area contributed by atoms with E-state index in [-0.39, 0.29) is 6.10 Å². The monoisotopic (exact) mass is 146 g/mol. The summed E-state index contributed by atoms with van der Waals surface area (Å²) in [6, 6.07) is 0. The molecule has 1 atom stereocenters. The number of aliphatic hydroxyl groups excluding tert-OH is 1. The average Bonchev–Trinajstić information content (AvgIpc) is 1.82. The smallest absolute Gasteiger partial charge is 0.0638 e. The SMILES string of the molecule is CNCCN(C)CC(C)O. The van der Waals surface area contributed by atoms with Crippen LogP contribution in [0.2, 0.25) is 0 Å². The molecule has 2 N–H and O–H groups in total. The van der Waals surface area contributed by atoms with Crippen LogP contribution in [0, 0.1) is 0 Å². The third-order valence-corrected chi connectivity index (χ3v) is 1.32. The lowest BCUT2D eigenvalue weighted by Crippen LogP contribution is -2.32. The van der Waals surface area contributed by atoms with Gasteiger partial charge >= 0.3 is 0 Å². The van der Waals surface area contributed by atoms with Crippen LogP contribution in [0.25, 0.3) is 0 Å². The van der Waals surface area contributed by atoms with Gasteiger partial charge in [0.1, 0.15) is 0 Å². The van der Waals surface area contributed by atoms with E-state index in [1.807, 2.05) is 14.1 Å². The van der Waals surface area contributed by atoms with Crippen molar-refractivity contribution < 1.29 is 5.11 Å². The minimum Gasteiger partial charge on any atom is -0.392 e. The molecule has 0 bridgehead atoms. The summed E-state index contributed by atoms with van der Waals surface area (Å²) >= 11 is 0. The predicted molar refractivity (Wildman–Crippen MR) is 43.1 cm³/mol. The number of rotatable bonds is 5. The molecule has 0 aliphatic carbocycles. The van der Waals surface area contributed by atoms with Crippen molar-refractivity contribution >= 4 is 0 Å². The van der Waals surface area contributed by atoms with Crippen molar-refractivity contribution in [1.82, 2.24) is 10.2 Å². The molecule has 0 aromatic heterocycles. The maximum atomic E-state index is 8.96. The Morgan fingerprint density at radius 3 is 2.60 bits per heavy atom. The molecule has 0 radical (unpaired) electrons. The van der Waals surface area contributed by atoms with Crippen molar-refractivity contribution in [3.63, 3.8) is 0 Å². The number of nitrogens with zero attached hydrogens (tertiary/aromatic N) is 1. The normalized spacial score (nSPS) is 14.1. The van der Waals surface area contributed by atoms with Crippen molar-refractivity contribution in [2.45, 2.75) is 13.0 Å². The maximum absolute atomic E-state index is 8.96. The van der Waals surface area contributed by atoms with E-state index < -0.39 is 0 Å². The molecular formula is C7H18N2O. The Morgan fingerprint density at radius 1 is 1.60 bits per heavy atom. The highest BCUT2D eigenvalue weighted by molar-refractivity contribution is 4.56. The van der Waals surface area contributed by atoms with Gasteiger partial charge in [0.05, 0.1) is 6.10 Å². The second-order valence-corrected chi connectivity index (χ2v) is 2.71. The molecule has 0 aromatic carbocycles. The summed E-state index contributed by atoms with van der Waals surface area (Å²) in [5.41, 5.74) is 0. The molecule has 62 valence electrons. The number of hydrogen-bond donors (Lipinski definition) is 2. The van der Waals surface area contributed by atoms with Crippen LogP contribution in [0.3, 0.4) is 0 Å². The quantitative estimate of drug-likeness (QED) is 0.550. The molecule has 0 rings (SSSR count).